The fourth-order valence-electron chi connectivity index (χ4n) is 7.86. The summed E-state index contributed by atoms with van der Waals surface area (Å²) in [6.07, 6.45) is 1.87. The summed E-state index contributed by atoms with van der Waals surface area (Å²) in [7, 11) is 0. The molecule has 0 spiro atoms. The standard InChI is InChI=1S/C49H31FN2/c50-45-15-7-8-16-46(45)52(41-30-38(32-10-3-1-4-11-32)29-39(31-41)33-12-5-2-6-13-33)40-22-19-34(20-23-40)42-24-21-35-17-18-36-28-37-14-9-27-51-49(37)44-26-25-43(42)47(35)48(36)44/h1-31H. The number of benzene rings is 9. The van der Waals surface area contributed by atoms with Crippen molar-refractivity contribution in [1.82, 2.24) is 4.98 Å². The van der Waals surface area contributed by atoms with Crippen LogP contribution in [-0.2, 0) is 0 Å². The van der Waals surface area contributed by atoms with Gasteiger partial charge in [0.05, 0.1) is 11.2 Å². The van der Waals surface area contributed by atoms with Gasteiger partial charge in [0.25, 0.3) is 0 Å². The number of fused-ring (bicyclic) bond motifs is 2. The Morgan fingerprint density at radius 1 is 0.404 bits per heavy atom. The molecule has 0 aliphatic rings. The highest BCUT2D eigenvalue weighted by molar-refractivity contribution is 6.30. The molecule has 1 heterocycles. The Morgan fingerprint density at radius 2 is 1.04 bits per heavy atom. The van der Waals surface area contributed by atoms with E-state index in [1.54, 1.807) is 6.07 Å². The lowest BCUT2D eigenvalue weighted by molar-refractivity contribution is 0.629. The van der Waals surface area contributed by atoms with Crippen LogP contribution >= 0.6 is 0 Å². The van der Waals surface area contributed by atoms with E-state index >= 15 is 4.39 Å². The molecule has 0 unspecified atom stereocenters. The van der Waals surface area contributed by atoms with Crippen molar-refractivity contribution in [3.63, 3.8) is 0 Å². The summed E-state index contributed by atoms with van der Waals surface area (Å²) in [5, 5.41) is 8.45. The molecule has 0 aliphatic carbocycles. The van der Waals surface area contributed by atoms with E-state index in [1.807, 2.05) is 41.4 Å². The molecule has 3 heteroatoms. The lowest BCUT2D eigenvalue weighted by atomic mass is 9.89. The van der Waals surface area contributed by atoms with Crippen molar-refractivity contribution in [2.45, 2.75) is 0 Å². The van der Waals surface area contributed by atoms with Gasteiger partial charge in [0.15, 0.2) is 0 Å². The average Bonchev–Trinajstić information content (AvgIpc) is 3.21. The summed E-state index contributed by atoms with van der Waals surface area (Å²) < 4.78 is 15.8. The number of anilines is 3. The largest absolute Gasteiger partial charge is 0.308 e. The third-order valence-corrected chi connectivity index (χ3v) is 10.3. The highest BCUT2D eigenvalue weighted by atomic mass is 19.1. The number of halogens is 1. The Bertz CT molecular complexity index is 2840. The molecule has 10 aromatic rings. The van der Waals surface area contributed by atoms with Crippen LogP contribution in [0.1, 0.15) is 0 Å². The Balaban J connectivity index is 1.14. The van der Waals surface area contributed by atoms with E-state index in [2.05, 4.69) is 140 Å². The van der Waals surface area contributed by atoms with Crippen LogP contribution in [0.4, 0.5) is 21.5 Å². The minimum Gasteiger partial charge on any atom is -0.308 e. The molecule has 244 valence electrons. The molecule has 0 bridgehead atoms. The molecule has 2 nitrogen and oxygen atoms in total. The molecule has 9 aromatic carbocycles. The highest BCUT2D eigenvalue weighted by Gasteiger charge is 2.20. The maximum absolute atomic E-state index is 15.8. The highest BCUT2D eigenvalue weighted by Crippen LogP contribution is 2.44. The van der Waals surface area contributed by atoms with E-state index in [9.17, 15) is 0 Å². The van der Waals surface area contributed by atoms with Crippen molar-refractivity contribution >= 4 is 60.3 Å². The first-order chi connectivity index (χ1) is 25.7. The summed E-state index contributed by atoms with van der Waals surface area (Å²) >= 11 is 0. The number of hydrogen-bond donors (Lipinski definition) is 0. The second-order valence-corrected chi connectivity index (χ2v) is 13.3. The van der Waals surface area contributed by atoms with Crippen molar-refractivity contribution in [3.05, 3.63) is 194 Å². The second-order valence-electron chi connectivity index (χ2n) is 13.3. The number of nitrogens with zero attached hydrogens (tertiary/aromatic N) is 2. The zero-order valence-corrected chi connectivity index (χ0v) is 28.2. The van der Waals surface area contributed by atoms with E-state index in [0.29, 0.717) is 5.69 Å². The van der Waals surface area contributed by atoms with Crippen molar-refractivity contribution in [1.29, 1.82) is 0 Å². The second kappa shape index (κ2) is 12.2. The maximum Gasteiger partial charge on any atom is 0.147 e. The van der Waals surface area contributed by atoms with Crippen LogP contribution in [0.25, 0.3) is 76.6 Å². The molecule has 0 N–H and O–H groups in total. The minimum absolute atomic E-state index is 0.285. The van der Waals surface area contributed by atoms with Gasteiger partial charge in [-0.15, -0.1) is 0 Å². The minimum atomic E-state index is -0.285. The Hall–Kier alpha value is -6.84. The number of pyridine rings is 1. The van der Waals surface area contributed by atoms with E-state index < -0.39 is 0 Å². The number of rotatable bonds is 6. The molecule has 1 aromatic heterocycles. The van der Waals surface area contributed by atoms with Crippen LogP contribution in [0, 0.1) is 5.82 Å². The maximum atomic E-state index is 15.8. The average molecular weight is 667 g/mol. The predicted molar refractivity (Wildman–Crippen MR) is 216 cm³/mol. The molecule has 0 radical (unpaired) electrons. The normalized spacial score (nSPS) is 11.6. The molecule has 0 amide bonds. The molecule has 0 saturated carbocycles. The van der Waals surface area contributed by atoms with E-state index in [4.69, 9.17) is 4.98 Å². The van der Waals surface area contributed by atoms with Crippen LogP contribution in [0.3, 0.4) is 0 Å². The smallest absolute Gasteiger partial charge is 0.147 e. The van der Waals surface area contributed by atoms with E-state index in [1.165, 1.54) is 38.4 Å². The van der Waals surface area contributed by atoms with Crippen molar-refractivity contribution < 1.29 is 4.39 Å². The Morgan fingerprint density at radius 3 is 1.77 bits per heavy atom. The SMILES string of the molecule is Fc1ccccc1N(c1ccc(-c2ccc3ccc4cc5cccnc5c5ccc2c3c45)cc1)c1cc(-c2ccccc2)cc(-c2ccccc2)c1. The van der Waals surface area contributed by atoms with Gasteiger partial charge in [0.2, 0.25) is 0 Å². The molecule has 52 heavy (non-hydrogen) atoms. The van der Waals surface area contributed by atoms with Crippen LogP contribution in [0.15, 0.2) is 188 Å². The quantitative estimate of drug-likeness (QED) is 0.130. The summed E-state index contributed by atoms with van der Waals surface area (Å²) in [4.78, 5) is 6.79. The molecular weight excluding hydrogens is 636 g/mol. The third kappa shape index (κ3) is 4.98. The summed E-state index contributed by atoms with van der Waals surface area (Å²) in [5.41, 5.74) is 9.84. The fraction of sp³-hybridized carbons (Fsp3) is 0. The lowest BCUT2D eigenvalue weighted by Crippen LogP contribution is -2.12. The molecule has 0 atom stereocenters. The summed E-state index contributed by atoms with van der Waals surface area (Å²) in [6.45, 7) is 0. The zero-order valence-electron chi connectivity index (χ0n) is 28.2. The number of para-hydroxylation sites is 1. The number of aromatic nitrogens is 1. The van der Waals surface area contributed by atoms with Crippen LogP contribution < -0.4 is 4.90 Å². The van der Waals surface area contributed by atoms with Crippen molar-refractivity contribution in [2.75, 3.05) is 4.90 Å². The van der Waals surface area contributed by atoms with Gasteiger partial charge in [-0.25, -0.2) is 4.39 Å². The Labute approximate surface area is 301 Å². The zero-order chi connectivity index (χ0) is 34.6. The van der Waals surface area contributed by atoms with Crippen LogP contribution in [0.2, 0.25) is 0 Å². The van der Waals surface area contributed by atoms with Gasteiger partial charge in [0, 0.05) is 28.3 Å². The molecule has 0 aliphatic heterocycles. The van der Waals surface area contributed by atoms with Gasteiger partial charge in [0.1, 0.15) is 5.82 Å². The Kier molecular flexibility index (Phi) is 7.04. The van der Waals surface area contributed by atoms with E-state index in [-0.39, 0.29) is 5.82 Å². The van der Waals surface area contributed by atoms with Crippen LogP contribution in [-0.4, -0.2) is 4.98 Å². The molecule has 10 rings (SSSR count). The van der Waals surface area contributed by atoms with Gasteiger partial charge in [-0.05, 0) is 115 Å². The summed E-state index contributed by atoms with van der Waals surface area (Å²) in [6, 6.07) is 62.5. The van der Waals surface area contributed by atoms with Gasteiger partial charge in [-0.3, -0.25) is 4.98 Å². The monoisotopic (exact) mass is 666 g/mol. The molecular formula is C49H31FN2. The van der Waals surface area contributed by atoms with E-state index in [0.717, 1.165) is 55.7 Å². The van der Waals surface area contributed by atoms with Crippen LogP contribution in [0.5, 0.6) is 0 Å². The van der Waals surface area contributed by atoms with Crippen molar-refractivity contribution in [3.8, 4) is 33.4 Å². The molecule has 0 fully saturated rings. The predicted octanol–water partition coefficient (Wildman–Crippen LogP) is 13.7. The van der Waals surface area contributed by atoms with Gasteiger partial charge in [-0.1, -0.05) is 127 Å². The first kappa shape index (κ1) is 30.0. The first-order valence-corrected chi connectivity index (χ1v) is 17.6. The van der Waals surface area contributed by atoms with Gasteiger partial charge in [-0.2, -0.15) is 0 Å². The lowest BCUT2D eigenvalue weighted by Gasteiger charge is -2.27. The first-order valence-electron chi connectivity index (χ1n) is 17.6. The van der Waals surface area contributed by atoms with Crippen molar-refractivity contribution in [2.24, 2.45) is 0 Å². The third-order valence-electron chi connectivity index (χ3n) is 10.3. The molecule has 0 saturated heterocycles. The van der Waals surface area contributed by atoms with Gasteiger partial charge >= 0.3 is 0 Å². The fourth-order valence-corrected chi connectivity index (χ4v) is 7.86. The number of hydrogen-bond acceptors (Lipinski definition) is 2. The topological polar surface area (TPSA) is 16.1 Å². The summed E-state index contributed by atoms with van der Waals surface area (Å²) in [5.74, 6) is -0.285. The van der Waals surface area contributed by atoms with Gasteiger partial charge < -0.3 is 4.90 Å².